The summed E-state index contributed by atoms with van der Waals surface area (Å²) < 4.78 is 0. The first-order chi connectivity index (χ1) is 9.10. The third kappa shape index (κ3) is 3.67. The summed E-state index contributed by atoms with van der Waals surface area (Å²) >= 11 is 11.9. The molecule has 0 aliphatic carbocycles. The number of hydrogen-bond donors (Lipinski definition) is 2. The van der Waals surface area contributed by atoms with Gasteiger partial charge in [-0.2, -0.15) is 0 Å². The minimum Gasteiger partial charge on any atom is -0.271 e. The Hall–Kier alpha value is -1.13. The van der Waals surface area contributed by atoms with E-state index in [4.69, 9.17) is 29.0 Å². The smallest absolute Gasteiger partial charge is 0.0595 e. The topological polar surface area (TPSA) is 50.9 Å². The van der Waals surface area contributed by atoms with Gasteiger partial charge in [-0.1, -0.05) is 29.3 Å². The van der Waals surface area contributed by atoms with Gasteiger partial charge in [0.15, 0.2) is 0 Å². The number of hydrogen-bond acceptors (Lipinski definition) is 3. The van der Waals surface area contributed by atoms with Crippen LogP contribution in [0.25, 0.3) is 0 Å². The number of pyridine rings is 1. The quantitative estimate of drug-likeness (QED) is 0.671. The fourth-order valence-electron chi connectivity index (χ4n) is 1.96. The Kier molecular flexibility index (Phi) is 4.77. The van der Waals surface area contributed by atoms with Crippen molar-refractivity contribution in [3.63, 3.8) is 0 Å². The van der Waals surface area contributed by atoms with Crippen LogP contribution in [-0.4, -0.2) is 4.98 Å². The summed E-state index contributed by atoms with van der Waals surface area (Å²) in [5.74, 6) is 5.64. The van der Waals surface area contributed by atoms with Crippen LogP contribution >= 0.6 is 23.2 Å². The van der Waals surface area contributed by atoms with Gasteiger partial charge in [0.05, 0.1) is 16.1 Å². The molecule has 19 heavy (non-hydrogen) atoms. The fourth-order valence-corrected chi connectivity index (χ4v) is 2.28. The van der Waals surface area contributed by atoms with E-state index in [9.17, 15) is 0 Å². The van der Waals surface area contributed by atoms with E-state index in [-0.39, 0.29) is 6.04 Å². The lowest BCUT2D eigenvalue weighted by molar-refractivity contribution is 0.551. The Balaban J connectivity index is 2.21. The number of rotatable bonds is 4. The zero-order valence-corrected chi connectivity index (χ0v) is 12.0. The average Bonchev–Trinajstić information content (AvgIpc) is 2.40. The maximum atomic E-state index is 6.02. The third-order valence-corrected chi connectivity index (χ3v) is 3.69. The van der Waals surface area contributed by atoms with Crippen LogP contribution in [0.1, 0.15) is 22.9 Å². The van der Waals surface area contributed by atoms with Crippen LogP contribution in [0.4, 0.5) is 0 Å². The van der Waals surface area contributed by atoms with Gasteiger partial charge >= 0.3 is 0 Å². The van der Waals surface area contributed by atoms with Gasteiger partial charge in [-0.25, -0.2) is 0 Å². The molecule has 2 aromatic rings. The van der Waals surface area contributed by atoms with Gasteiger partial charge in [0, 0.05) is 11.9 Å². The molecule has 0 radical (unpaired) electrons. The zero-order chi connectivity index (χ0) is 13.8. The van der Waals surface area contributed by atoms with Crippen LogP contribution < -0.4 is 11.3 Å². The van der Waals surface area contributed by atoms with Gasteiger partial charge in [-0.05, 0) is 48.7 Å². The summed E-state index contributed by atoms with van der Waals surface area (Å²) in [6, 6.07) is 9.59. The van der Waals surface area contributed by atoms with Crippen molar-refractivity contribution in [3.8, 4) is 0 Å². The molecule has 0 fully saturated rings. The summed E-state index contributed by atoms with van der Waals surface area (Å²) in [5.41, 5.74) is 5.96. The van der Waals surface area contributed by atoms with E-state index < -0.39 is 0 Å². The maximum absolute atomic E-state index is 6.02. The maximum Gasteiger partial charge on any atom is 0.0595 e. The van der Waals surface area contributed by atoms with E-state index in [2.05, 4.69) is 10.4 Å². The van der Waals surface area contributed by atoms with Crippen molar-refractivity contribution >= 4 is 23.2 Å². The van der Waals surface area contributed by atoms with Crippen molar-refractivity contribution in [2.24, 2.45) is 5.84 Å². The second-order valence-corrected chi connectivity index (χ2v) is 5.22. The number of nitrogens with two attached hydrogens (primary N) is 1. The van der Waals surface area contributed by atoms with Crippen LogP contribution in [-0.2, 0) is 6.42 Å². The van der Waals surface area contributed by atoms with E-state index in [1.165, 1.54) is 0 Å². The Morgan fingerprint density at radius 1 is 1.21 bits per heavy atom. The van der Waals surface area contributed by atoms with Gasteiger partial charge in [0.1, 0.15) is 0 Å². The van der Waals surface area contributed by atoms with Crippen molar-refractivity contribution in [1.82, 2.24) is 10.4 Å². The molecule has 1 unspecified atom stereocenters. The molecule has 0 saturated carbocycles. The Morgan fingerprint density at radius 3 is 2.63 bits per heavy atom. The largest absolute Gasteiger partial charge is 0.271 e. The molecule has 2 rings (SSSR count). The first-order valence-electron chi connectivity index (χ1n) is 5.92. The van der Waals surface area contributed by atoms with E-state index in [0.29, 0.717) is 10.0 Å². The van der Waals surface area contributed by atoms with E-state index in [0.717, 1.165) is 23.2 Å². The van der Waals surface area contributed by atoms with Gasteiger partial charge in [0.25, 0.3) is 0 Å². The van der Waals surface area contributed by atoms with Crippen molar-refractivity contribution in [1.29, 1.82) is 0 Å². The van der Waals surface area contributed by atoms with Crippen LogP contribution in [0.5, 0.6) is 0 Å². The third-order valence-electron chi connectivity index (χ3n) is 2.95. The molecule has 1 aromatic carbocycles. The zero-order valence-electron chi connectivity index (χ0n) is 10.5. The van der Waals surface area contributed by atoms with Crippen LogP contribution in [0.15, 0.2) is 36.5 Å². The number of benzene rings is 1. The van der Waals surface area contributed by atoms with Crippen LogP contribution in [0, 0.1) is 6.92 Å². The number of aromatic nitrogens is 1. The van der Waals surface area contributed by atoms with Crippen molar-refractivity contribution < 1.29 is 0 Å². The van der Waals surface area contributed by atoms with Crippen LogP contribution in [0.2, 0.25) is 10.0 Å². The normalized spacial score (nSPS) is 12.4. The lowest BCUT2D eigenvalue weighted by atomic mass is 10.00. The average molecular weight is 296 g/mol. The summed E-state index contributed by atoms with van der Waals surface area (Å²) in [5, 5.41) is 1.11. The molecule has 1 atom stereocenters. The second kappa shape index (κ2) is 6.35. The molecule has 0 aliphatic rings. The van der Waals surface area contributed by atoms with Crippen molar-refractivity contribution in [2.75, 3.05) is 0 Å². The first-order valence-corrected chi connectivity index (χ1v) is 6.68. The predicted molar refractivity (Wildman–Crippen MR) is 79.2 cm³/mol. The summed E-state index contributed by atoms with van der Waals surface area (Å²) in [6.45, 7) is 1.95. The van der Waals surface area contributed by atoms with E-state index in [1.54, 1.807) is 12.3 Å². The first kappa shape index (κ1) is 14.3. The van der Waals surface area contributed by atoms with Crippen molar-refractivity contribution in [2.45, 2.75) is 19.4 Å². The SMILES string of the molecule is Cc1cc(C(Cc2ccc(Cl)c(Cl)c2)NN)ccn1. The molecule has 0 saturated heterocycles. The highest BCUT2D eigenvalue weighted by atomic mass is 35.5. The molecule has 1 heterocycles. The summed E-state index contributed by atoms with van der Waals surface area (Å²) in [7, 11) is 0. The minimum atomic E-state index is 0.0129. The molecular weight excluding hydrogens is 281 g/mol. The highest BCUT2D eigenvalue weighted by Crippen LogP contribution is 2.25. The Bertz CT molecular complexity index is 572. The number of aryl methyl sites for hydroxylation is 1. The molecule has 3 nitrogen and oxygen atoms in total. The predicted octanol–water partition coefficient (Wildman–Crippen LogP) is 3.44. The second-order valence-electron chi connectivity index (χ2n) is 4.40. The highest BCUT2D eigenvalue weighted by Gasteiger charge is 2.11. The molecule has 0 bridgehead atoms. The summed E-state index contributed by atoms with van der Waals surface area (Å²) in [4.78, 5) is 4.18. The number of nitrogens with one attached hydrogen (secondary N) is 1. The van der Waals surface area contributed by atoms with Crippen LogP contribution in [0.3, 0.4) is 0 Å². The molecule has 5 heteroatoms. The number of halogens is 2. The molecule has 0 aliphatic heterocycles. The highest BCUT2D eigenvalue weighted by molar-refractivity contribution is 6.42. The summed E-state index contributed by atoms with van der Waals surface area (Å²) in [6.07, 6.45) is 2.51. The number of hydrazine groups is 1. The van der Waals surface area contributed by atoms with Gasteiger partial charge in [0.2, 0.25) is 0 Å². The standard InChI is InChI=1S/C14H15Cl2N3/c1-9-6-11(4-5-18-9)14(19-17)8-10-2-3-12(15)13(16)7-10/h2-7,14,19H,8,17H2,1H3. The molecular formula is C14H15Cl2N3. The number of nitrogens with zero attached hydrogens (tertiary/aromatic N) is 1. The molecule has 100 valence electrons. The van der Waals surface area contributed by atoms with Crippen molar-refractivity contribution in [3.05, 3.63) is 63.4 Å². The van der Waals surface area contributed by atoms with Gasteiger partial charge < -0.3 is 0 Å². The lowest BCUT2D eigenvalue weighted by Crippen LogP contribution is -2.29. The van der Waals surface area contributed by atoms with Gasteiger partial charge in [-0.3, -0.25) is 16.3 Å². The molecule has 1 aromatic heterocycles. The van der Waals surface area contributed by atoms with E-state index in [1.807, 2.05) is 31.2 Å². The minimum absolute atomic E-state index is 0.0129. The molecule has 0 spiro atoms. The monoisotopic (exact) mass is 295 g/mol. The van der Waals surface area contributed by atoms with E-state index >= 15 is 0 Å². The van der Waals surface area contributed by atoms with Gasteiger partial charge in [-0.15, -0.1) is 0 Å². The lowest BCUT2D eigenvalue weighted by Gasteiger charge is -2.17. The Labute approximate surface area is 122 Å². The fraction of sp³-hybridized carbons (Fsp3) is 0.214. The molecule has 0 amide bonds. The molecule has 3 N–H and O–H groups in total. The Morgan fingerprint density at radius 2 is 2.00 bits per heavy atom.